The van der Waals surface area contributed by atoms with Gasteiger partial charge in [0.15, 0.2) is 0 Å². The third kappa shape index (κ3) is 4.92. The smallest absolute Gasteiger partial charge is 0.0765 e. The maximum Gasteiger partial charge on any atom is 0.0765 e. The molecule has 0 aliphatic rings. The van der Waals surface area contributed by atoms with Gasteiger partial charge in [0.1, 0.15) is 0 Å². The topological polar surface area (TPSA) is 21.1 Å². The van der Waals surface area contributed by atoms with E-state index in [2.05, 4.69) is 65.5 Å². The SMILES string of the molecule is CCC(CC)N(CCBr)Cc1ccn(C(C)CC)n1. The lowest BCUT2D eigenvalue weighted by molar-refractivity contribution is 0.186. The Bertz CT molecular complexity index is 347. The Morgan fingerprint density at radius 2 is 1.95 bits per heavy atom. The normalized spacial score (nSPS) is 13.4. The number of aromatic nitrogens is 2. The highest BCUT2D eigenvalue weighted by Gasteiger charge is 2.16. The summed E-state index contributed by atoms with van der Waals surface area (Å²) in [6.07, 6.45) is 5.65. The maximum atomic E-state index is 4.71. The predicted molar refractivity (Wildman–Crippen MR) is 85.8 cm³/mol. The van der Waals surface area contributed by atoms with Gasteiger partial charge in [-0.05, 0) is 32.3 Å². The molecule has 0 radical (unpaired) electrons. The molecule has 1 aromatic rings. The van der Waals surface area contributed by atoms with E-state index in [9.17, 15) is 0 Å². The standard InChI is InChI=1S/C15H28BrN3/c1-5-13(4)19-10-8-14(17-19)12-18(11-9-16)15(6-2)7-3/h8,10,13,15H,5-7,9,11-12H2,1-4H3. The fourth-order valence-corrected chi connectivity index (χ4v) is 2.86. The van der Waals surface area contributed by atoms with E-state index >= 15 is 0 Å². The van der Waals surface area contributed by atoms with E-state index in [0.29, 0.717) is 12.1 Å². The number of alkyl halides is 1. The molecule has 4 heteroatoms. The van der Waals surface area contributed by atoms with Crippen LogP contribution >= 0.6 is 15.9 Å². The number of rotatable bonds is 9. The minimum Gasteiger partial charge on any atom is -0.294 e. The van der Waals surface area contributed by atoms with Crippen LogP contribution < -0.4 is 0 Å². The quantitative estimate of drug-likeness (QED) is 0.632. The van der Waals surface area contributed by atoms with Crippen LogP contribution in [0.1, 0.15) is 58.7 Å². The van der Waals surface area contributed by atoms with Gasteiger partial charge in [0.25, 0.3) is 0 Å². The zero-order chi connectivity index (χ0) is 14.3. The first-order valence-electron chi connectivity index (χ1n) is 7.50. The summed E-state index contributed by atoms with van der Waals surface area (Å²) in [5.74, 6) is 0. The van der Waals surface area contributed by atoms with E-state index in [4.69, 9.17) is 5.10 Å². The van der Waals surface area contributed by atoms with Gasteiger partial charge in [-0.25, -0.2) is 0 Å². The molecule has 1 rings (SSSR count). The van der Waals surface area contributed by atoms with Gasteiger partial charge in [-0.3, -0.25) is 9.58 Å². The predicted octanol–water partition coefficient (Wildman–Crippen LogP) is 4.24. The van der Waals surface area contributed by atoms with Crippen molar-refractivity contribution in [3.63, 3.8) is 0 Å². The first kappa shape index (κ1) is 16.7. The fraction of sp³-hybridized carbons (Fsp3) is 0.800. The average molecular weight is 330 g/mol. The molecule has 0 aliphatic carbocycles. The van der Waals surface area contributed by atoms with Crippen molar-refractivity contribution in [3.8, 4) is 0 Å². The largest absolute Gasteiger partial charge is 0.294 e. The second-order valence-electron chi connectivity index (χ2n) is 5.17. The molecule has 0 amide bonds. The molecule has 1 aromatic heterocycles. The molecule has 0 saturated carbocycles. The lowest BCUT2D eigenvalue weighted by Crippen LogP contribution is -2.35. The van der Waals surface area contributed by atoms with Crippen LogP contribution in [0.25, 0.3) is 0 Å². The van der Waals surface area contributed by atoms with Gasteiger partial charge in [-0.15, -0.1) is 0 Å². The van der Waals surface area contributed by atoms with Crippen LogP contribution in [0.2, 0.25) is 0 Å². The molecule has 0 bridgehead atoms. The van der Waals surface area contributed by atoms with Crippen LogP contribution in [0.15, 0.2) is 12.3 Å². The van der Waals surface area contributed by atoms with Gasteiger partial charge >= 0.3 is 0 Å². The van der Waals surface area contributed by atoms with Crippen molar-refractivity contribution >= 4 is 15.9 Å². The Hall–Kier alpha value is -0.350. The summed E-state index contributed by atoms with van der Waals surface area (Å²) < 4.78 is 2.09. The third-order valence-corrected chi connectivity index (χ3v) is 4.26. The molecule has 0 fully saturated rings. The molecule has 3 nitrogen and oxygen atoms in total. The van der Waals surface area contributed by atoms with Crippen molar-refractivity contribution in [2.75, 3.05) is 11.9 Å². The van der Waals surface area contributed by atoms with Gasteiger partial charge in [0.2, 0.25) is 0 Å². The molecule has 110 valence electrons. The van der Waals surface area contributed by atoms with Crippen molar-refractivity contribution in [2.24, 2.45) is 0 Å². The van der Waals surface area contributed by atoms with Crippen molar-refractivity contribution in [2.45, 2.75) is 65.6 Å². The Morgan fingerprint density at radius 3 is 2.47 bits per heavy atom. The Balaban J connectivity index is 2.70. The van der Waals surface area contributed by atoms with Crippen LogP contribution in [0, 0.1) is 0 Å². The van der Waals surface area contributed by atoms with Crippen molar-refractivity contribution in [1.29, 1.82) is 0 Å². The first-order chi connectivity index (χ1) is 9.15. The Labute approximate surface area is 126 Å². The number of hydrogen-bond acceptors (Lipinski definition) is 2. The molecular formula is C15H28BrN3. The number of halogens is 1. The highest BCUT2D eigenvalue weighted by Crippen LogP contribution is 2.15. The van der Waals surface area contributed by atoms with Gasteiger partial charge in [-0.2, -0.15) is 5.10 Å². The third-order valence-electron chi connectivity index (χ3n) is 3.90. The average Bonchev–Trinajstić information content (AvgIpc) is 2.88. The van der Waals surface area contributed by atoms with E-state index < -0.39 is 0 Å². The lowest BCUT2D eigenvalue weighted by Gasteiger charge is -2.29. The Kier molecular flexibility index (Phi) is 7.69. The van der Waals surface area contributed by atoms with E-state index in [1.165, 1.54) is 18.5 Å². The summed E-state index contributed by atoms with van der Waals surface area (Å²) in [6, 6.07) is 3.31. The molecule has 0 spiro atoms. The van der Waals surface area contributed by atoms with E-state index in [-0.39, 0.29) is 0 Å². The Morgan fingerprint density at radius 1 is 1.26 bits per heavy atom. The van der Waals surface area contributed by atoms with Crippen LogP contribution in [-0.2, 0) is 6.54 Å². The molecule has 1 heterocycles. The van der Waals surface area contributed by atoms with Crippen molar-refractivity contribution in [3.05, 3.63) is 18.0 Å². The van der Waals surface area contributed by atoms with Gasteiger partial charge in [0.05, 0.1) is 5.69 Å². The first-order valence-corrected chi connectivity index (χ1v) is 8.62. The lowest BCUT2D eigenvalue weighted by atomic mass is 10.1. The molecule has 1 unspecified atom stereocenters. The minimum atomic E-state index is 0.492. The zero-order valence-electron chi connectivity index (χ0n) is 12.8. The van der Waals surface area contributed by atoms with E-state index in [1.807, 2.05) is 0 Å². The molecule has 1 atom stereocenters. The number of nitrogens with zero attached hydrogens (tertiary/aromatic N) is 3. The highest BCUT2D eigenvalue weighted by molar-refractivity contribution is 9.09. The summed E-state index contributed by atoms with van der Waals surface area (Å²) in [4.78, 5) is 2.54. The van der Waals surface area contributed by atoms with Crippen LogP contribution in [0.3, 0.4) is 0 Å². The maximum absolute atomic E-state index is 4.71. The molecule has 0 aromatic carbocycles. The number of hydrogen-bond donors (Lipinski definition) is 0. The second-order valence-corrected chi connectivity index (χ2v) is 5.97. The van der Waals surface area contributed by atoms with Crippen LogP contribution in [-0.4, -0.2) is 32.6 Å². The van der Waals surface area contributed by atoms with Gasteiger partial charge in [-0.1, -0.05) is 36.7 Å². The van der Waals surface area contributed by atoms with E-state index in [1.54, 1.807) is 0 Å². The molecular weight excluding hydrogens is 302 g/mol. The van der Waals surface area contributed by atoms with Crippen molar-refractivity contribution < 1.29 is 0 Å². The van der Waals surface area contributed by atoms with Crippen molar-refractivity contribution in [1.82, 2.24) is 14.7 Å². The van der Waals surface area contributed by atoms with Crippen LogP contribution in [0.4, 0.5) is 0 Å². The minimum absolute atomic E-state index is 0.492. The van der Waals surface area contributed by atoms with Gasteiger partial charge in [0, 0.05) is 36.7 Å². The fourth-order valence-electron chi connectivity index (χ4n) is 2.41. The highest BCUT2D eigenvalue weighted by atomic mass is 79.9. The molecule has 0 aliphatic heterocycles. The summed E-state index contributed by atoms with van der Waals surface area (Å²) in [6.45, 7) is 11.0. The monoisotopic (exact) mass is 329 g/mol. The van der Waals surface area contributed by atoms with Crippen LogP contribution in [0.5, 0.6) is 0 Å². The molecule has 19 heavy (non-hydrogen) atoms. The summed E-state index contributed by atoms with van der Waals surface area (Å²) in [5.41, 5.74) is 1.19. The van der Waals surface area contributed by atoms with E-state index in [0.717, 1.165) is 24.8 Å². The summed E-state index contributed by atoms with van der Waals surface area (Å²) in [7, 11) is 0. The molecule has 0 N–H and O–H groups in total. The van der Waals surface area contributed by atoms with Gasteiger partial charge < -0.3 is 0 Å². The summed E-state index contributed by atoms with van der Waals surface area (Å²) >= 11 is 3.56. The zero-order valence-corrected chi connectivity index (χ0v) is 14.4. The second kappa shape index (κ2) is 8.75. The molecule has 0 saturated heterocycles. The summed E-state index contributed by atoms with van der Waals surface area (Å²) in [5, 5.41) is 5.74.